The summed E-state index contributed by atoms with van der Waals surface area (Å²) in [7, 11) is 0. The predicted octanol–water partition coefficient (Wildman–Crippen LogP) is -1.09. The molecule has 3 aliphatic rings. The largest absolute Gasteiger partial charge is 0.479 e. The second-order valence-electron chi connectivity index (χ2n) is 5.22. The molecule has 8 nitrogen and oxygen atoms in total. The van der Waals surface area contributed by atoms with Crippen molar-refractivity contribution in [3.8, 4) is 0 Å². The van der Waals surface area contributed by atoms with E-state index >= 15 is 0 Å². The molecule has 0 aromatic carbocycles. The molecule has 0 aromatic rings. The molecule has 3 N–H and O–H groups in total. The zero-order chi connectivity index (χ0) is 14.8. The normalized spacial score (nSPS) is 38.8. The van der Waals surface area contributed by atoms with Gasteiger partial charge in [0.2, 0.25) is 0 Å². The first-order valence-electron chi connectivity index (χ1n) is 6.61. The molecule has 3 heterocycles. The zero-order valence-electron chi connectivity index (χ0n) is 11.6. The predicted molar refractivity (Wildman–Crippen MR) is 66.0 cm³/mol. The van der Waals surface area contributed by atoms with Gasteiger partial charge in [-0.3, -0.25) is 0 Å². The van der Waals surface area contributed by atoms with Crippen LogP contribution in [0.5, 0.6) is 0 Å². The summed E-state index contributed by atoms with van der Waals surface area (Å²) in [5.41, 5.74) is 0. The lowest BCUT2D eigenvalue weighted by atomic mass is 10.1. The Morgan fingerprint density at radius 1 is 1.25 bits per heavy atom. The van der Waals surface area contributed by atoms with Crippen LogP contribution in [-0.2, 0) is 23.7 Å². The highest BCUT2D eigenvalue weighted by molar-refractivity contribution is 5.73. The van der Waals surface area contributed by atoms with E-state index in [1.807, 2.05) is 0 Å². The Kier molecular flexibility index (Phi) is 4.95. The van der Waals surface area contributed by atoms with Gasteiger partial charge in [0.05, 0.1) is 13.2 Å². The molecule has 0 aromatic heterocycles. The van der Waals surface area contributed by atoms with Gasteiger partial charge >= 0.3 is 5.97 Å². The molecule has 0 bridgehead atoms. The number of rotatable bonds is 1. The summed E-state index contributed by atoms with van der Waals surface area (Å²) in [4.78, 5) is 10.6. The minimum absolute atomic E-state index is 0.717. The number of aliphatic carboxylic acids is 1. The summed E-state index contributed by atoms with van der Waals surface area (Å²) in [5, 5.41) is 21.4. The molecule has 3 rings (SSSR count). The lowest BCUT2D eigenvalue weighted by Gasteiger charge is -2.21. The third kappa shape index (κ3) is 3.66. The summed E-state index contributed by atoms with van der Waals surface area (Å²) < 4.78 is 20.6. The summed E-state index contributed by atoms with van der Waals surface area (Å²) in [6.45, 7) is 7.19. The SMILES string of the molecule is C1COCCN1.CC1(C)O[C@@H]2O[C@@H](C(=O)O)[C@@H](O)[C@@H]2O1. The Bertz CT molecular complexity index is 333. The van der Waals surface area contributed by atoms with Crippen LogP contribution in [0.4, 0.5) is 0 Å². The lowest BCUT2D eigenvalue weighted by Crippen LogP contribution is -2.38. The van der Waals surface area contributed by atoms with Gasteiger partial charge in [0.1, 0.15) is 12.2 Å². The summed E-state index contributed by atoms with van der Waals surface area (Å²) in [6.07, 6.45) is -3.95. The fraction of sp³-hybridized carbons (Fsp3) is 0.917. The highest BCUT2D eigenvalue weighted by Crippen LogP contribution is 2.37. The average molecular weight is 291 g/mol. The van der Waals surface area contributed by atoms with Crippen molar-refractivity contribution in [2.75, 3.05) is 26.3 Å². The second kappa shape index (κ2) is 6.33. The molecule has 116 valence electrons. The van der Waals surface area contributed by atoms with Crippen LogP contribution in [0.3, 0.4) is 0 Å². The number of hydrogen-bond donors (Lipinski definition) is 3. The highest BCUT2D eigenvalue weighted by atomic mass is 16.8. The van der Waals surface area contributed by atoms with E-state index in [-0.39, 0.29) is 0 Å². The van der Waals surface area contributed by atoms with Gasteiger partial charge in [0, 0.05) is 13.1 Å². The van der Waals surface area contributed by atoms with Gasteiger partial charge < -0.3 is 34.5 Å². The maximum absolute atomic E-state index is 10.6. The lowest BCUT2D eigenvalue weighted by molar-refractivity contribution is -0.219. The van der Waals surface area contributed by atoms with Gasteiger partial charge in [-0.25, -0.2) is 4.79 Å². The van der Waals surface area contributed by atoms with E-state index < -0.39 is 36.4 Å². The molecule has 0 unspecified atom stereocenters. The Labute approximate surface area is 116 Å². The van der Waals surface area contributed by atoms with Crippen LogP contribution in [0.2, 0.25) is 0 Å². The first-order valence-corrected chi connectivity index (χ1v) is 6.61. The molecule has 3 saturated heterocycles. The highest BCUT2D eigenvalue weighted by Gasteiger charge is 2.56. The first-order chi connectivity index (χ1) is 9.41. The van der Waals surface area contributed by atoms with E-state index in [9.17, 15) is 9.90 Å². The van der Waals surface area contributed by atoms with Crippen molar-refractivity contribution in [3.05, 3.63) is 0 Å². The molecule has 4 atom stereocenters. The molecule has 8 heteroatoms. The molecule has 0 aliphatic carbocycles. The Morgan fingerprint density at radius 2 is 1.90 bits per heavy atom. The van der Waals surface area contributed by atoms with Crippen molar-refractivity contribution < 1.29 is 34.0 Å². The van der Waals surface area contributed by atoms with E-state index in [1.165, 1.54) is 0 Å². The van der Waals surface area contributed by atoms with Crippen LogP contribution in [-0.4, -0.2) is 72.9 Å². The molecule has 3 fully saturated rings. The quantitative estimate of drug-likeness (QED) is 0.560. The minimum Gasteiger partial charge on any atom is -0.479 e. The molecular weight excluding hydrogens is 270 g/mol. The molecule has 0 spiro atoms. The summed E-state index contributed by atoms with van der Waals surface area (Å²) in [6, 6.07) is 0. The van der Waals surface area contributed by atoms with Crippen molar-refractivity contribution in [3.63, 3.8) is 0 Å². The summed E-state index contributed by atoms with van der Waals surface area (Å²) in [5.74, 6) is -2.04. The van der Waals surface area contributed by atoms with E-state index in [1.54, 1.807) is 13.8 Å². The molecule has 0 radical (unpaired) electrons. The van der Waals surface area contributed by atoms with Crippen molar-refractivity contribution >= 4 is 5.97 Å². The van der Waals surface area contributed by atoms with E-state index in [0.29, 0.717) is 0 Å². The maximum atomic E-state index is 10.6. The number of carbonyl (C=O) groups is 1. The monoisotopic (exact) mass is 291 g/mol. The fourth-order valence-corrected chi connectivity index (χ4v) is 2.21. The van der Waals surface area contributed by atoms with E-state index in [4.69, 9.17) is 24.1 Å². The van der Waals surface area contributed by atoms with Crippen molar-refractivity contribution in [2.45, 2.75) is 44.2 Å². The Morgan fingerprint density at radius 3 is 2.30 bits per heavy atom. The van der Waals surface area contributed by atoms with Crippen LogP contribution in [0.15, 0.2) is 0 Å². The third-order valence-corrected chi connectivity index (χ3v) is 3.11. The van der Waals surface area contributed by atoms with Crippen LogP contribution in [0.1, 0.15) is 13.8 Å². The number of ether oxygens (including phenoxy) is 4. The number of fused-ring (bicyclic) bond motifs is 1. The van der Waals surface area contributed by atoms with E-state index in [2.05, 4.69) is 5.32 Å². The Hall–Kier alpha value is -0.770. The molecule has 20 heavy (non-hydrogen) atoms. The van der Waals surface area contributed by atoms with Crippen LogP contribution in [0.25, 0.3) is 0 Å². The number of carboxylic acids is 1. The summed E-state index contributed by atoms with van der Waals surface area (Å²) >= 11 is 0. The number of morpholine rings is 1. The smallest absolute Gasteiger partial charge is 0.335 e. The standard InChI is InChI=1S/C8H12O6.C4H9NO/c1-8(2)13-5-3(9)4(6(10)11)12-7(5)14-8;1-3-6-4-2-5-1/h3-5,7,9H,1-2H3,(H,10,11);5H,1-4H2/t3-,4-,5+,7+;/m1./s1. The molecular formula is C12H21NO7. The number of aliphatic hydroxyl groups is 1. The number of carboxylic acid groups (broad SMARTS) is 1. The van der Waals surface area contributed by atoms with Gasteiger partial charge in [-0.05, 0) is 13.8 Å². The second-order valence-corrected chi connectivity index (χ2v) is 5.22. The average Bonchev–Trinajstić information content (AvgIpc) is 2.86. The van der Waals surface area contributed by atoms with Crippen molar-refractivity contribution in [2.24, 2.45) is 0 Å². The topological polar surface area (TPSA) is 106 Å². The molecule has 0 saturated carbocycles. The molecule has 3 aliphatic heterocycles. The van der Waals surface area contributed by atoms with Gasteiger partial charge in [-0.1, -0.05) is 0 Å². The zero-order valence-corrected chi connectivity index (χ0v) is 11.6. The minimum atomic E-state index is -1.26. The Balaban J connectivity index is 0.000000205. The molecule has 0 amide bonds. The fourth-order valence-electron chi connectivity index (χ4n) is 2.21. The van der Waals surface area contributed by atoms with Gasteiger partial charge in [-0.15, -0.1) is 0 Å². The van der Waals surface area contributed by atoms with Gasteiger partial charge in [0.15, 0.2) is 18.2 Å². The first kappa shape index (κ1) is 15.6. The van der Waals surface area contributed by atoms with Gasteiger partial charge in [0.25, 0.3) is 0 Å². The third-order valence-electron chi connectivity index (χ3n) is 3.11. The maximum Gasteiger partial charge on any atom is 0.335 e. The number of aliphatic hydroxyl groups excluding tert-OH is 1. The number of nitrogens with one attached hydrogen (secondary N) is 1. The number of hydrogen-bond acceptors (Lipinski definition) is 7. The van der Waals surface area contributed by atoms with Crippen LogP contribution >= 0.6 is 0 Å². The van der Waals surface area contributed by atoms with Gasteiger partial charge in [-0.2, -0.15) is 0 Å². The van der Waals surface area contributed by atoms with Crippen LogP contribution in [0, 0.1) is 0 Å². The van der Waals surface area contributed by atoms with Crippen LogP contribution < -0.4 is 5.32 Å². The van der Waals surface area contributed by atoms with Crippen molar-refractivity contribution in [1.82, 2.24) is 5.32 Å². The van der Waals surface area contributed by atoms with Crippen molar-refractivity contribution in [1.29, 1.82) is 0 Å². The van der Waals surface area contributed by atoms with E-state index in [0.717, 1.165) is 26.3 Å².